The molecule has 0 spiro atoms. The quantitative estimate of drug-likeness (QED) is 0.647. The van der Waals surface area contributed by atoms with E-state index in [2.05, 4.69) is 15.6 Å². The van der Waals surface area contributed by atoms with Gasteiger partial charge in [0.25, 0.3) is 5.91 Å². The molecule has 3 aliphatic rings. The Kier molecular flexibility index (Phi) is 5.41. The van der Waals surface area contributed by atoms with Crippen molar-refractivity contribution in [3.63, 3.8) is 0 Å². The van der Waals surface area contributed by atoms with Crippen LogP contribution in [0, 0.1) is 17.2 Å². The summed E-state index contributed by atoms with van der Waals surface area (Å²) in [7, 11) is 0. The van der Waals surface area contributed by atoms with Crippen molar-refractivity contribution in [2.24, 2.45) is 11.3 Å². The van der Waals surface area contributed by atoms with Crippen molar-refractivity contribution in [2.75, 3.05) is 6.61 Å². The van der Waals surface area contributed by atoms with Gasteiger partial charge >= 0.3 is 0 Å². The van der Waals surface area contributed by atoms with E-state index in [-0.39, 0.29) is 28.7 Å². The van der Waals surface area contributed by atoms with Gasteiger partial charge in [0.15, 0.2) is 6.61 Å². The van der Waals surface area contributed by atoms with E-state index in [1.165, 1.54) is 12.1 Å². The van der Waals surface area contributed by atoms with Gasteiger partial charge in [-0.3, -0.25) is 14.6 Å². The van der Waals surface area contributed by atoms with Crippen LogP contribution in [0.25, 0.3) is 0 Å². The number of halogens is 2. The van der Waals surface area contributed by atoms with Gasteiger partial charge in [0, 0.05) is 24.9 Å². The number of aromatic nitrogens is 1. The first-order chi connectivity index (χ1) is 13.9. The van der Waals surface area contributed by atoms with Crippen LogP contribution in [0.1, 0.15) is 24.8 Å². The molecule has 2 aromatic rings. The highest BCUT2D eigenvalue weighted by molar-refractivity contribution is 6.30. The number of ether oxygens (including phenoxy) is 1. The maximum atomic E-state index is 13.5. The molecule has 0 saturated heterocycles. The molecular formula is C21H21ClFN3O3. The molecule has 0 aliphatic heterocycles. The second-order valence-corrected chi connectivity index (χ2v) is 8.19. The zero-order valence-corrected chi connectivity index (χ0v) is 16.4. The Morgan fingerprint density at radius 3 is 2.69 bits per heavy atom. The monoisotopic (exact) mass is 417 g/mol. The Hall–Kier alpha value is -2.67. The van der Waals surface area contributed by atoms with Crippen LogP contribution in [0.3, 0.4) is 0 Å². The largest absolute Gasteiger partial charge is 0.484 e. The lowest BCUT2D eigenvalue weighted by Gasteiger charge is -2.60. The first kappa shape index (κ1) is 19.6. The second kappa shape index (κ2) is 7.99. The summed E-state index contributed by atoms with van der Waals surface area (Å²) < 4.78 is 18.8. The molecule has 1 atom stereocenters. The lowest BCUT2D eigenvalue weighted by molar-refractivity contribution is -0.166. The fraction of sp³-hybridized carbons (Fsp3) is 0.381. The minimum atomic E-state index is -0.621. The summed E-state index contributed by atoms with van der Waals surface area (Å²) in [5.41, 5.74) is 0.635. The number of nitrogens with zero attached hydrogens (tertiary/aromatic N) is 1. The van der Waals surface area contributed by atoms with Crippen molar-refractivity contribution in [3.8, 4) is 5.75 Å². The van der Waals surface area contributed by atoms with E-state index in [9.17, 15) is 14.0 Å². The zero-order valence-electron chi connectivity index (χ0n) is 15.7. The summed E-state index contributed by atoms with van der Waals surface area (Å²) in [4.78, 5) is 29.1. The van der Waals surface area contributed by atoms with E-state index in [0.29, 0.717) is 12.3 Å². The highest BCUT2D eigenvalue weighted by Crippen LogP contribution is 2.64. The molecule has 3 aliphatic carbocycles. The van der Waals surface area contributed by atoms with Gasteiger partial charge in [0.05, 0.1) is 10.4 Å². The van der Waals surface area contributed by atoms with E-state index >= 15 is 0 Å². The second-order valence-electron chi connectivity index (χ2n) is 7.78. The molecular weight excluding hydrogens is 397 g/mol. The van der Waals surface area contributed by atoms with E-state index in [1.807, 2.05) is 6.07 Å². The van der Waals surface area contributed by atoms with Crippen molar-refractivity contribution in [3.05, 3.63) is 59.1 Å². The Balaban J connectivity index is 1.36. The zero-order chi connectivity index (χ0) is 20.4. The van der Waals surface area contributed by atoms with Gasteiger partial charge < -0.3 is 15.4 Å². The first-order valence-electron chi connectivity index (χ1n) is 9.51. The Morgan fingerprint density at radius 2 is 2.07 bits per heavy atom. The molecule has 1 heterocycles. The van der Waals surface area contributed by atoms with Crippen molar-refractivity contribution >= 4 is 23.4 Å². The van der Waals surface area contributed by atoms with Gasteiger partial charge in [-0.15, -0.1) is 0 Å². The summed E-state index contributed by atoms with van der Waals surface area (Å²) in [5, 5.41) is 5.73. The number of rotatable bonds is 8. The molecule has 3 saturated carbocycles. The van der Waals surface area contributed by atoms with E-state index in [0.717, 1.165) is 30.9 Å². The maximum Gasteiger partial charge on any atom is 0.259 e. The molecule has 8 heteroatoms. The Bertz CT molecular complexity index is 908. The number of amides is 2. The normalized spacial score (nSPS) is 22.6. The summed E-state index contributed by atoms with van der Waals surface area (Å²) in [5.74, 6) is -0.184. The molecule has 152 valence electrons. The molecule has 6 nitrogen and oxygen atoms in total. The van der Waals surface area contributed by atoms with Crippen LogP contribution in [0.15, 0.2) is 42.7 Å². The highest BCUT2D eigenvalue weighted by atomic mass is 35.5. The number of pyridine rings is 1. The van der Waals surface area contributed by atoms with Crippen LogP contribution >= 0.6 is 11.6 Å². The fourth-order valence-electron chi connectivity index (χ4n) is 3.91. The number of nitrogens with one attached hydrogen (secondary N) is 2. The van der Waals surface area contributed by atoms with Gasteiger partial charge in [-0.05, 0) is 48.9 Å². The Morgan fingerprint density at radius 1 is 1.28 bits per heavy atom. The minimum Gasteiger partial charge on any atom is -0.484 e. The number of carbonyl (C=O) groups excluding carboxylic acids is 2. The van der Waals surface area contributed by atoms with Crippen molar-refractivity contribution in [2.45, 2.75) is 31.8 Å². The van der Waals surface area contributed by atoms with E-state index in [4.69, 9.17) is 16.3 Å². The average molecular weight is 418 g/mol. The smallest absolute Gasteiger partial charge is 0.259 e. The summed E-state index contributed by atoms with van der Waals surface area (Å²) in [6.07, 6.45) is 5.96. The van der Waals surface area contributed by atoms with Crippen LogP contribution in [0.2, 0.25) is 5.02 Å². The van der Waals surface area contributed by atoms with Crippen LogP contribution in [0.5, 0.6) is 5.75 Å². The minimum absolute atomic E-state index is 0.0186. The molecule has 29 heavy (non-hydrogen) atoms. The van der Waals surface area contributed by atoms with Crippen LogP contribution < -0.4 is 15.4 Å². The van der Waals surface area contributed by atoms with Gasteiger partial charge in [-0.25, -0.2) is 4.39 Å². The van der Waals surface area contributed by atoms with Gasteiger partial charge in [-0.1, -0.05) is 17.7 Å². The first-order valence-corrected chi connectivity index (χ1v) is 9.88. The van der Waals surface area contributed by atoms with Crippen molar-refractivity contribution in [1.82, 2.24) is 15.6 Å². The number of hydrogen-bond donors (Lipinski definition) is 2. The standard InChI is InChI=1S/C21H21ClFN3O3/c22-16-4-3-15(7-17(16)23)29-12-19(27)25-18(6-13-2-1-5-24-11-13)26-20(28)21-8-14(9-21)10-21/h1-5,7,11,14,18H,6,8-10,12H2,(H,25,27)(H,26,28). The predicted molar refractivity (Wildman–Crippen MR) is 105 cm³/mol. The van der Waals surface area contributed by atoms with Gasteiger partial charge in [0.2, 0.25) is 5.91 Å². The number of hydrogen-bond acceptors (Lipinski definition) is 4. The fourth-order valence-corrected chi connectivity index (χ4v) is 4.03. The summed E-state index contributed by atoms with van der Waals surface area (Å²) in [6.45, 7) is -0.312. The number of carbonyl (C=O) groups is 2. The van der Waals surface area contributed by atoms with Crippen LogP contribution in [-0.4, -0.2) is 29.6 Å². The molecule has 2 N–H and O–H groups in total. The van der Waals surface area contributed by atoms with E-state index in [1.54, 1.807) is 18.5 Å². The van der Waals surface area contributed by atoms with Gasteiger partial charge in [-0.2, -0.15) is 0 Å². The summed E-state index contributed by atoms with van der Waals surface area (Å²) >= 11 is 5.64. The molecule has 1 unspecified atom stereocenters. The predicted octanol–water partition coefficient (Wildman–Crippen LogP) is 2.85. The van der Waals surface area contributed by atoms with E-state index < -0.39 is 17.9 Å². The third-order valence-corrected chi connectivity index (χ3v) is 5.89. The van der Waals surface area contributed by atoms with Crippen molar-refractivity contribution < 1.29 is 18.7 Å². The SMILES string of the molecule is O=C(COc1ccc(Cl)c(F)c1)NC(Cc1cccnc1)NC(=O)C12CC(C1)C2. The lowest BCUT2D eigenvalue weighted by atomic mass is 9.44. The maximum absolute atomic E-state index is 13.5. The van der Waals surface area contributed by atoms with Crippen LogP contribution in [-0.2, 0) is 16.0 Å². The van der Waals surface area contributed by atoms with Crippen LogP contribution in [0.4, 0.5) is 4.39 Å². The molecule has 3 fully saturated rings. The molecule has 0 radical (unpaired) electrons. The van der Waals surface area contributed by atoms with Crippen molar-refractivity contribution in [1.29, 1.82) is 0 Å². The summed E-state index contributed by atoms with van der Waals surface area (Å²) in [6, 6.07) is 7.64. The lowest BCUT2D eigenvalue weighted by Crippen LogP contribution is -2.63. The molecule has 1 aromatic carbocycles. The molecule has 1 aromatic heterocycles. The Labute approximate surface area is 172 Å². The highest BCUT2D eigenvalue weighted by Gasteiger charge is 2.61. The van der Waals surface area contributed by atoms with Gasteiger partial charge in [0.1, 0.15) is 17.7 Å². The molecule has 2 bridgehead atoms. The molecule has 2 amide bonds. The average Bonchev–Trinajstić information content (AvgIpc) is 2.61. The molecule has 5 rings (SSSR count). The third-order valence-electron chi connectivity index (χ3n) is 5.58. The third kappa shape index (κ3) is 4.34. The number of benzene rings is 1. The topological polar surface area (TPSA) is 80.3 Å².